The monoisotopic (exact) mass is 238 g/mol. The molecular formula is C13H22N2S. The average Bonchev–Trinajstić information content (AvgIpc) is 2.70. The first-order valence-electron chi connectivity index (χ1n) is 6.46. The van der Waals surface area contributed by atoms with E-state index >= 15 is 0 Å². The lowest BCUT2D eigenvalue weighted by molar-refractivity contribution is 0.450. The van der Waals surface area contributed by atoms with E-state index in [1.165, 1.54) is 37.1 Å². The number of aromatic nitrogens is 1. The van der Waals surface area contributed by atoms with E-state index in [0.717, 1.165) is 24.9 Å². The molecule has 0 aliphatic heterocycles. The van der Waals surface area contributed by atoms with E-state index in [9.17, 15) is 0 Å². The zero-order valence-corrected chi connectivity index (χ0v) is 10.9. The van der Waals surface area contributed by atoms with Crippen LogP contribution >= 0.6 is 11.3 Å². The van der Waals surface area contributed by atoms with Gasteiger partial charge in [-0.25, -0.2) is 4.98 Å². The van der Waals surface area contributed by atoms with E-state index in [1.807, 2.05) is 6.20 Å². The molecule has 3 heteroatoms. The van der Waals surface area contributed by atoms with Crippen LogP contribution in [0.2, 0.25) is 0 Å². The van der Waals surface area contributed by atoms with E-state index in [-0.39, 0.29) is 0 Å². The predicted molar refractivity (Wildman–Crippen MR) is 69.9 cm³/mol. The molecule has 1 saturated carbocycles. The van der Waals surface area contributed by atoms with Crippen molar-refractivity contribution in [1.29, 1.82) is 0 Å². The van der Waals surface area contributed by atoms with Crippen molar-refractivity contribution in [3.05, 3.63) is 16.6 Å². The molecule has 0 bridgehead atoms. The summed E-state index contributed by atoms with van der Waals surface area (Å²) >= 11 is 1.76. The van der Waals surface area contributed by atoms with Gasteiger partial charge >= 0.3 is 0 Å². The first kappa shape index (κ1) is 12.1. The fourth-order valence-electron chi connectivity index (χ4n) is 2.45. The number of nitrogens with one attached hydrogen (secondary N) is 1. The van der Waals surface area contributed by atoms with Crippen LogP contribution in [-0.2, 0) is 6.42 Å². The van der Waals surface area contributed by atoms with Gasteiger partial charge in [0.1, 0.15) is 0 Å². The molecule has 0 radical (unpaired) electrons. The van der Waals surface area contributed by atoms with Gasteiger partial charge in [0.15, 0.2) is 0 Å². The van der Waals surface area contributed by atoms with Crippen molar-refractivity contribution >= 4 is 11.3 Å². The molecular weight excluding hydrogens is 216 g/mol. The van der Waals surface area contributed by atoms with Crippen LogP contribution in [0, 0.1) is 5.92 Å². The fraction of sp³-hybridized carbons (Fsp3) is 0.769. The van der Waals surface area contributed by atoms with Crippen molar-refractivity contribution in [2.75, 3.05) is 6.54 Å². The van der Waals surface area contributed by atoms with Crippen LogP contribution in [0.5, 0.6) is 0 Å². The Bertz CT molecular complexity index is 284. The summed E-state index contributed by atoms with van der Waals surface area (Å²) in [5.74, 6) is 0.936. The second kappa shape index (κ2) is 6.36. The molecule has 0 saturated heterocycles. The Morgan fingerprint density at radius 3 is 3.12 bits per heavy atom. The molecule has 0 amide bonds. The Morgan fingerprint density at radius 2 is 2.31 bits per heavy atom. The van der Waals surface area contributed by atoms with E-state index in [0.29, 0.717) is 0 Å². The third kappa shape index (κ3) is 3.87. The highest BCUT2D eigenvalue weighted by Crippen LogP contribution is 2.22. The number of nitrogens with zero attached hydrogens (tertiary/aromatic N) is 1. The fourth-order valence-corrected chi connectivity index (χ4v) is 3.07. The summed E-state index contributed by atoms with van der Waals surface area (Å²) < 4.78 is 0. The number of hydrogen-bond donors (Lipinski definition) is 1. The summed E-state index contributed by atoms with van der Waals surface area (Å²) in [6, 6.07) is 0.755. The number of rotatable bonds is 4. The topological polar surface area (TPSA) is 24.9 Å². The molecule has 1 N–H and O–H groups in total. The lowest BCUT2D eigenvalue weighted by atomic mass is 10.0. The molecule has 0 spiro atoms. The Kier molecular flexibility index (Phi) is 4.79. The smallest absolute Gasteiger partial charge is 0.0937 e. The Hall–Kier alpha value is -0.410. The number of hydrogen-bond acceptors (Lipinski definition) is 3. The van der Waals surface area contributed by atoms with Gasteiger partial charge in [0, 0.05) is 30.6 Å². The van der Waals surface area contributed by atoms with Gasteiger partial charge in [-0.1, -0.05) is 19.8 Å². The molecule has 1 aromatic rings. The minimum Gasteiger partial charge on any atom is -0.314 e. The lowest BCUT2D eigenvalue weighted by Crippen LogP contribution is -2.30. The maximum Gasteiger partial charge on any atom is 0.0937 e. The average molecular weight is 238 g/mol. The predicted octanol–water partition coefficient (Wildman–Crippen LogP) is 3.24. The Morgan fingerprint density at radius 1 is 1.38 bits per heavy atom. The normalized spacial score (nSPS) is 26.6. The van der Waals surface area contributed by atoms with Crippen LogP contribution < -0.4 is 5.32 Å². The molecule has 1 aliphatic rings. The lowest BCUT2D eigenvalue weighted by Gasteiger charge is -2.15. The first-order chi connectivity index (χ1) is 7.84. The molecule has 1 aromatic heterocycles. The molecule has 2 nitrogen and oxygen atoms in total. The van der Waals surface area contributed by atoms with Gasteiger partial charge in [0.25, 0.3) is 0 Å². The zero-order chi connectivity index (χ0) is 11.2. The Labute approximate surface area is 102 Å². The largest absolute Gasteiger partial charge is 0.314 e. The van der Waals surface area contributed by atoms with Crippen molar-refractivity contribution in [2.45, 2.75) is 51.5 Å². The maximum absolute atomic E-state index is 4.31. The second-order valence-electron chi connectivity index (χ2n) is 4.94. The molecule has 2 unspecified atom stereocenters. The molecule has 1 fully saturated rings. The van der Waals surface area contributed by atoms with Crippen LogP contribution in [0.3, 0.4) is 0 Å². The highest BCUT2D eigenvalue weighted by Gasteiger charge is 2.15. The third-order valence-electron chi connectivity index (χ3n) is 3.51. The van der Waals surface area contributed by atoms with E-state index in [2.05, 4.69) is 22.6 Å². The minimum absolute atomic E-state index is 0.755. The first-order valence-corrected chi connectivity index (χ1v) is 7.34. The Balaban J connectivity index is 1.65. The zero-order valence-electron chi connectivity index (χ0n) is 10.1. The van der Waals surface area contributed by atoms with Gasteiger partial charge < -0.3 is 5.32 Å². The molecule has 16 heavy (non-hydrogen) atoms. The van der Waals surface area contributed by atoms with Crippen molar-refractivity contribution in [1.82, 2.24) is 10.3 Å². The minimum atomic E-state index is 0.755. The van der Waals surface area contributed by atoms with Crippen LogP contribution in [0.15, 0.2) is 11.6 Å². The molecule has 2 rings (SSSR count). The van der Waals surface area contributed by atoms with Gasteiger partial charge in [-0.2, -0.15) is 0 Å². The second-order valence-corrected chi connectivity index (χ2v) is 5.92. The highest BCUT2D eigenvalue weighted by molar-refractivity contribution is 7.09. The standard InChI is InChI=1S/C13H22N2S/c1-11-3-2-4-12(6-5-11)14-8-7-13-15-9-10-16-13/h9-12,14H,2-8H2,1H3. The molecule has 0 aromatic carbocycles. The van der Waals surface area contributed by atoms with Crippen LogP contribution in [-0.4, -0.2) is 17.6 Å². The van der Waals surface area contributed by atoms with E-state index < -0.39 is 0 Å². The molecule has 2 atom stereocenters. The van der Waals surface area contributed by atoms with E-state index in [1.54, 1.807) is 11.3 Å². The molecule has 1 heterocycles. The van der Waals surface area contributed by atoms with Crippen LogP contribution in [0.25, 0.3) is 0 Å². The number of thiazole rings is 1. The summed E-state index contributed by atoms with van der Waals surface area (Å²) in [6.45, 7) is 3.48. The molecule has 1 aliphatic carbocycles. The maximum atomic E-state index is 4.31. The van der Waals surface area contributed by atoms with Crippen LogP contribution in [0.1, 0.15) is 44.0 Å². The van der Waals surface area contributed by atoms with Crippen molar-refractivity contribution in [3.8, 4) is 0 Å². The highest BCUT2D eigenvalue weighted by atomic mass is 32.1. The quantitative estimate of drug-likeness (QED) is 0.815. The van der Waals surface area contributed by atoms with Crippen LogP contribution in [0.4, 0.5) is 0 Å². The summed E-state index contributed by atoms with van der Waals surface area (Å²) in [5.41, 5.74) is 0. The molecule has 90 valence electrons. The van der Waals surface area contributed by atoms with Crippen molar-refractivity contribution < 1.29 is 0 Å². The van der Waals surface area contributed by atoms with Gasteiger partial charge in [0.2, 0.25) is 0 Å². The summed E-state index contributed by atoms with van der Waals surface area (Å²) in [5, 5.41) is 7.00. The van der Waals surface area contributed by atoms with Gasteiger partial charge in [-0.3, -0.25) is 0 Å². The van der Waals surface area contributed by atoms with E-state index in [4.69, 9.17) is 0 Å². The van der Waals surface area contributed by atoms with Crippen molar-refractivity contribution in [2.24, 2.45) is 5.92 Å². The summed E-state index contributed by atoms with van der Waals surface area (Å²) in [4.78, 5) is 4.31. The summed E-state index contributed by atoms with van der Waals surface area (Å²) in [6.07, 6.45) is 9.92. The van der Waals surface area contributed by atoms with Gasteiger partial charge in [-0.15, -0.1) is 11.3 Å². The summed E-state index contributed by atoms with van der Waals surface area (Å²) in [7, 11) is 0. The van der Waals surface area contributed by atoms with Crippen molar-refractivity contribution in [3.63, 3.8) is 0 Å². The van der Waals surface area contributed by atoms with Gasteiger partial charge in [-0.05, 0) is 25.2 Å². The van der Waals surface area contributed by atoms with Gasteiger partial charge in [0.05, 0.1) is 5.01 Å². The SMILES string of the molecule is CC1CCCC(NCCc2nccs2)CC1. The third-order valence-corrected chi connectivity index (χ3v) is 4.35.